The summed E-state index contributed by atoms with van der Waals surface area (Å²) in [6, 6.07) is 14.2. The number of aromatic amines is 1. The van der Waals surface area contributed by atoms with Crippen molar-refractivity contribution in [1.29, 1.82) is 0 Å². The fourth-order valence-electron chi connectivity index (χ4n) is 3.68. The molecule has 1 saturated heterocycles. The van der Waals surface area contributed by atoms with Gasteiger partial charge in [0.05, 0.1) is 4.92 Å². The maximum atomic E-state index is 12.6. The second kappa shape index (κ2) is 9.31. The van der Waals surface area contributed by atoms with Crippen molar-refractivity contribution >= 4 is 34.2 Å². The van der Waals surface area contributed by atoms with E-state index in [2.05, 4.69) is 15.4 Å². The largest absolute Gasteiger partial charge is 0.503 e. The van der Waals surface area contributed by atoms with E-state index in [0.717, 1.165) is 10.5 Å². The van der Waals surface area contributed by atoms with E-state index in [9.17, 15) is 24.8 Å². The molecule has 1 aromatic heterocycles. The number of hydrogen-bond acceptors (Lipinski definition) is 10. The van der Waals surface area contributed by atoms with Gasteiger partial charge in [0.2, 0.25) is 23.3 Å². The van der Waals surface area contributed by atoms with Crippen LogP contribution in [-0.4, -0.2) is 37.3 Å². The van der Waals surface area contributed by atoms with Gasteiger partial charge in [0.15, 0.2) is 16.8 Å². The molecular formula is C23H17N5O8. The molecule has 0 bridgehead atoms. The number of benzene rings is 3. The number of nitrogens with one attached hydrogen (secondary N) is 1. The molecule has 1 aliphatic heterocycles. The third-order valence-corrected chi connectivity index (χ3v) is 5.39. The van der Waals surface area contributed by atoms with Gasteiger partial charge in [-0.2, -0.15) is 20.3 Å². The Morgan fingerprint density at radius 3 is 2.25 bits per heavy atom. The van der Waals surface area contributed by atoms with Gasteiger partial charge in [-0.3, -0.25) is 19.7 Å². The first-order valence-corrected chi connectivity index (χ1v) is 10.6. The van der Waals surface area contributed by atoms with Crippen LogP contribution in [-0.2, 0) is 21.1 Å². The fraction of sp³-hybridized carbons (Fsp3) is 0.130. The number of H-pyrrole nitrogens is 1. The number of nitro benzene ring substituents is 1. The number of fused-ring (bicyclic) bond motifs is 1. The summed E-state index contributed by atoms with van der Waals surface area (Å²) in [6.07, 6.45) is -0.115. The van der Waals surface area contributed by atoms with E-state index < -0.39 is 22.5 Å². The molecule has 1 aliphatic rings. The Hall–Kier alpha value is -5.04. The van der Waals surface area contributed by atoms with Crippen molar-refractivity contribution in [3.8, 4) is 23.0 Å². The number of nitrogens with zero attached hydrogens (tertiary/aromatic N) is 4. The van der Waals surface area contributed by atoms with Crippen molar-refractivity contribution in [1.82, 2.24) is 15.4 Å². The summed E-state index contributed by atoms with van der Waals surface area (Å²) >= 11 is 0. The summed E-state index contributed by atoms with van der Waals surface area (Å²) in [5.74, 6) is -2.09. The number of phenols is 1. The molecular weight excluding hydrogens is 474 g/mol. The van der Waals surface area contributed by atoms with Crippen molar-refractivity contribution in [3.63, 3.8) is 0 Å². The molecule has 0 saturated carbocycles. The first-order valence-electron chi connectivity index (χ1n) is 10.6. The Morgan fingerprint density at radius 1 is 0.972 bits per heavy atom. The highest BCUT2D eigenvalue weighted by Gasteiger charge is 2.39. The van der Waals surface area contributed by atoms with Gasteiger partial charge >= 0.3 is 0 Å². The molecule has 36 heavy (non-hydrogen) atoms. The molecule has 13 nitrogen and oxygen atoms in total. The second-order valence-corrected chi connectivity index (χ2v) is 7.68. The van der Waals surface area contributed by atoms with Gasteiger partial charge in [-0.05, 0) is 17.7 Å². The van der Waals surface area contributed by atoms with Crippen molar-refractivity contribution in [2.24, 2.45) is 0 Å². The lowest BCUT2D eigenvalue weighted by atomic mass is 10.2. The van der Waals surface area contributed by atoms with Gasteiger partial charge in [0.1, 0.15) is 18.0 Å². The minimum absolute atomic E-state index is 0.00649. The molecule has 13 heteroatoms. The number of hydrogen-bond donors (Lipinski definition) is 2. The molecule has 182 valence electrons. The number of carbonyl (C=O) groups is 2. The van der Waals surface area contributed by atoms with E-state index in [-0.39, 0.29) is 59.1 Å². The maximum Gasteiger partial charge on any atom is 0.269 e. The number of non-ortho nitro benzene ring substituents is 1. The number of amides is 2. The number of phenolic OH excluding ortho intramolecular Hbond substituents is 1. The van der Waals surface area contributed by atoms with E-state index in [0.29, 0.717) is 0 Å². The van der Waals surface area contributed by atoms with Crippen LogP contribution in [0.15, 0.2) is 54.6 Å². The third kappa shape index (κ3) is 4.14. The van der Waals surface area contributed by atoms with Crippen LogP contribution < -0.4 is 14.5 Å². The molecule has 4 aromatic rings. The Labute approximate surface area is 201 Å². The highest BCUT2D eigenvalue weighted by molar-refractivity contribution is 6.22. The minimum atomic E-state index is -0.628. The molecule has 0 spiro atoms. The van der Waals surface area contributed by atoms with Crippen LogP contribution in [0.2, 0.25) is 0 Å². The van der Waals surface area contributed by atoms with E-state index in [1.807, 2.05) is 30.3 Å². The van der Waals surface area contributed by atoms with E-state index >= 15 is 0 Å². The van der Waals surface area contributed by atoms with Gasteiger partial charge in [0, 0.05) is 25.0 Å². The highest BCUT2D eigenvalue weighted by atomic mass is 17.2. The van der Waals surface area contributed by atoms with E-state index in [1.54, 1.807) is 0 Å². The number of carbonyl (C=O) groups excluding carboxylic acids is 2. The number of aromatic hydroxyl groups is 1. The van der Waals surface area contributed by atoms with Crippen LogP contribution in [0.3, 0.4) is 0 Å². The molecule has 5 rings (SSSR count). The molecule has 2 N–H and O–H groups in total. The first kappa shape index (κ1) is 22.7. The molecule has 0 atom stereocenters. The highest BCUT2D eigenvalue weighted by Crippen LogP contribution is 2.51. The lowest BCUT2D eigenvalue weighted by molar-refractivity contribution is -0.384. The summed E-state index contributed by atoms with van der Waals surface area (Å²) < 4.78 is 5.77. The standard InChI is InChI=1S/C23H17N5O8/c29-16-10-11-17(30)27(16)20-21(31)23(35-15-8-6-14(7-9-15)28(32)33)19-18(24-26-25-19)22(20)36-34-12-13-4-2-1-3-5-13/h1-9,31H,10-12H2,(H,24,25,26). The molecule has 0 aliphatic carbocycles. The Morgan fingerprint density at radius 2 is 1.61 bits per heavy atom. The molecule has 2 heterocycles. The molecule has 2 amide bonds. The number of rotatable bonds is 8. The summed E-state index contributed by atoms with van der Waals surface area (Å²) in [6.45, 7) is 0.0172. The normalized spacial score (nSPS) is 13.4. The van der Waals surface area contributed by atoms with Crippen molar-refractivity contribution < 1.29 is 34.1 Å². The summed E-state index contributed by atoms with van der Waals surface area (Å²) in [5.41, 5.74) is 0.332. The average molecular weight is 491 g/mol. The number of anilines is 1. The molecule has 0 unspecified atom stereocenters. The third-order valence-electron chi connectivity index (χ3n) is 5.39. The zero-order valence-corrected chi connectivity index (χ0v) is 18.4. The number of imide groups is 1. The first-order chi connectivity index (χ1) is 17.4. The molecule has 1 fully saturated rings. The van der Waals surface area contributed by atoms with Gasteiger partial charge < -0.3 is 14.7 Å². The van der Waals surface area contributed by atoms with Crippen LogP contribution in [0, 0.1) is 10.1 Å². The Bertz CT molecular complexity index is 1450. The van der Waals surface area contributed by atoms with Crippen LogP contribution >= 0.6 is 0 Å². The van der Waals surface area contributed by atoms with Gasteiger partial charge in [-0.1, -0.05) is 30.3 Å². The van der Waals surface area contributed by atoms with Crippen molar-refractivity contribution in [3.05, 3.63) is 70.3 Å². The predicted molar refractivity (Wildman–Crippen MR) is 122 cm³/mol. The smallest absolute Gasteiger partial charge is 0.269 e. The monoisotopic (exact) mass is 491 g/mol. The Balaban J connectivity index is 1.58. The lowest BCUT2D eigenvalue weighted by Crippen LogP contribution is -2.29. The van der Waals surface area contributed by atoms with Gasteiger partial charge in [-0.25, -0.2) is 4.90 Å². The second-order valence-electron chi connectivity index (χ2n) is 7.68. The summed E-state index contributed by atoms with van der Waals surface area (Å²) in [4.78, 5) is 47.2. The number of ether oxygens (including phenoxy) is 1. The quantitative estimate of drug-likeness (QED) is 0.161. The zero-order chi connectivity index (χ0) is 25.2. The van der Waals surface area contributed by atoms with Crippen molar-refractivity contribution in [2.45, 2.75) is 19.4 Å². The van der Waals surface area contributed by atoms with Crippen LogP contribution in [0.25, 0.3) is 11.0 Å². The maximum absolute atomic E-state index is 12.6. The Kier molecular flexibility index (Phi) is 5.88. The average Bonchev–Trinajstić information content (AvgIpc) is 3.49. The fourth-order valence-corrected chi connectivity index (χ4v) is 3.68. The summed E-state index contributed by atoms with van der Waals surface area (Å²) in [5, 5.41) is 32.6. The van der Waals surface area contributed by atoms with E-state index in [1.165, 1.54) is 24.3 Å². The molecule has 3 aromatic carbocycles. The topological polar surface area (TPSA) is 170 Å². The molecule has 0 radical (unpaired) electrons. The predicted octanol–water partition coefficient (Wildman–Crippen LogP) is 3.53. The lowest BCUT2D eigenvalue weighted by Gasteiger charge is -2.21. The zero-order valence-electron chi connectivity index (χ0n) is 18.4. The van der Waals surface area contributed by atoms with E-state index in [4.69, 9.17) is 14.5 Å². The van der Waals surface area contributed by atoms with Crippen LogP contribution in [0.5, 0.6) is 23.0 Å². The van der Waals surface area contributed by atoms with Crippen molar-refractivity contribution in [2.75, 3.05) is 4.90 Å². The van der Waals surface area contributed by atoms with Gasteiger partial charge in [0.25, 0.3) is 5.69 Å². The van der Waals surface area contributed by atoms with Crippen LogP contribution in [0.1, 0.15) is 18.4 Å². The van der Waals surface area contributed by atoms with Gasteiger partial charge in [-0.15, -0.1) is 0 Å². The SMILES string of the molecule is O=C1CCC(=O)N1c1c(O)c(Oc2ccc([N+](=O)[O-])cc2)c2n[nH]nc2c1OOCc1ccccc1. The number of nitro groups is 1. The summed E-state index contributed by atoms with van der Waals surface area (Å²) in [7, 11) is 0. The minimum Gasteiger partial charge on any atom is -0.503 e. The van der Waals surface area contributed by atoms with Crippen LogP contribution in [0.4, 0.5) is 11.4 Å². The number of aromatic nitrogens is 3.